The maximum absolute atomic E-state index is 12.9. The SMILES string of the molecule is COCCCNC(=O)c1c(NC(=O)CCn2nnc3ccccc3c2=O)sc2c1CCCC2. The van der Waals surface area contributed by atoms with Crippen LogP contribution in [0.15, 0.2) is 29.1 Å². The number of methoxy groups -OCH3 is 1. The number of anilines is 1. The molecule has 0 unspecified atom stereocenters. The minimum absolute atomic E-state index is 0.0460. The van der Waals surface area contributed by atoms with Gasteiger partial charge in [-0.15, -0.1) is 16.4 Å². The number of hydrogen-bond donors (Lipinski definition) is 2. The van der Waals surface area contributed by atoms with Crippen molar-refractivity contribution >= 4 is 39.1 Å². The van der Waals surface area contributed by atoms with E-state index in [0.29, 0.717) is 34.6 Å². The molecule has 0 aliphatic heterocycles. The van der Waals surface area contributed by atoms with E-state index >= 15 is 0 Å². The van der Waals surface area contributed by atoms with Gasteiger partial charge in [-0.25, -0.2) is 4.68 Å². The third kappa shape index (κ3) is 5.28. The van der Waals surface area contributed by atoms with Crippen molar-refractivity contribution in [3.05, 3.63) is 50.6 Å². The van der Waals surface area contributed by atoms with E-state index in [4.69, 9.17) is 4.74 Å². The van der Waals surface area contributed by atoms with Crippen molar-refractivity contribution in [1.29, 1.82) is 0 Å². The molecular weight excluding hydrogens is 442 g/mol. The normalized spacial score (nSPS) is 13.0. The number of ether oxygens (including phenoxy) is 1. The summed E-state index contributed by atoms with van der Waals surface area (Å²) in [5, 5.41) is 14.9. The zero-order chi connectivity index (χ0) is 23.2. The van der Waals surface area contributed by atoms with Gasteiger partial charge in [-0.1, -0.05) is 17.3 Å². The van der Waals surface area contributed by atoms with Gasteiger partial charge in [0.05, 0.1) is 17.5 Å². The number of rotatable bonds is 9. The lowest BCUT2D eigenvalue weighted by Gasteiger charge is -2.13. The van der Waals surface area contributed by atoms with Crippen molar-refractivity contribution in [2.75, 3.05) is 25.6 Å². The fraction of sp³-hybridized carbons (Fsp3) is 0.435. The van der Waals surface area contributed by atoms with E-state index in [9.17, 15) is 14.4 Å². The van der Waals surface area contributed by atoms with Crippen molar-refractivity contribution < 1.29 is 14.3 Å². The molecule has 0 saturated heterocycles. The Kier molecular flexibility index (Phi) is 7.46. The maximum Gasteiger partial charge on any atom is 0.277 e. The second-order valence-electron chi connectivity index (χ2n) is 7.95. The van der Waals surface area contributed by atoms with Crippen LogP contribution in [0.1, 0.15) is 46.5 Å². The molecule has 0 fully saturated rings. The molecule has 0 spiro atoms. The summed E-state index contributed by atoms with van der Waals surface area (Å²) < 4.78 is 6.24. The number of amides is 2. The molecule has 4 rings (SSSR count). The molecule has 1 aliphatic rings. The molecule has 1 aliphatic carbocycles. The van der Waals surface area contributed by atoms with Crippen LogP contribution in [0.25, 0.3) is 10.9 Å². The third-order valence-corrected chi connectivity index (χ3v) is 6.85. The summed E-state index contributed by atoms with van der Waals surface area (Å²) in [6, 6.07) is 6.97. The molecule has 33 heavy (non-hydrogen) atoms. The van der Waals surface area contributed by atoms with Crippen LogP contribution in [-0.4, -0.2) is 47.1 Å². The Balaban J connectivity index is 1.46. The highest BCUT2D eigenvalue weighted by Gasteiger charge is 2.26. The van der Waals surface area contributed by atoms with Crippen molar-refractivity contribution in [3.8, 4) is 0 Å². The fourth-order valence-corrected chi connectivity index (χ4v) is 5.27. The van der Waals surface area contributed by atoms with Crippen LogP contribution in [0.4, 0.5) is 5.00 Å². The Morgan fingerprint density at radius 3 is 2.88 bits per heavy atom. The number of hydrogen-bond acceptors (Lipinski definition) is 7. The first kappa shape index (κ1) is 23.1. The Morgan fingerprint density at radius 1 is 1.21 bits per heavy atom. The third-order valence-electron chi connectivity index (χ3n) is 5.64. The molecule has 2 aromatic heterocycles. The van der Waals surface area contributed by atoms with Crippen LogP contribution in [0.2, 0.25) is 0 Å². The number of fused-ring (bicyclic) bond motifs is 2. The quantitative estimate of drug-likeness (QED) is 0.466. The molecule has 1 aromatic carbocycles. The number of thiophene rings is 1. The highest BCUT2D eigenvalue weighted by Crippen LogP contribution is 2.38. The Morgan fingerprint density at radius 2 is 2.03 bits per heavy atom. The van der Waals surface area contributed by atoms with Crippen LogP contribution in [0, 0.1) is 0 Å². The highest BCUT2D eigenvalue weighted by atomic mass is 32.1. The number of carbonyl (C=O) groups excluding carboxylic acids is 2. The van der Waals surface area contributed by atoms with Gasteiger partial charge in [0, 0.05) is 31.6 Å². The maximum atomic E-state index is 12.9. The lowest BCUT2D eigenvalue weighted by molar-refractivity contribution is -0.116. The molecule has 9 nitrogen and oxygen atoms in total. The van der Waals surface area contributed by atoms with Gasteiger partial charge in [0.2, 0.25) is 5.91 Å². The Hall–Kier alpha value is -3.11. The van der Waals surface area contributed by atoms with Gasteiger partial charge in [0.15, 0.2) is 0 Å². The average Bonchev–Trinajstić information content (AvgIpc) is 3.19. The van der Waals surface area contributed by atoms with Crippen LogP contribution in [-0.2, 0) is 28.9 Å². The van der Waals surface area contributed by atoms with E-state index in [1.165, 1.54) is 16.0 Å². The zero-order valence-electron chi connectivity index (χ0n) is 18.6. The summed E-state index contributed by atoms with van der Waals surface area (Å²) in [4.78, 5) is 39.4. The number of benzene rings is 1. The molecule has 0 bridgehead atoms. The van der Waals surface area contributed by atoms with Crippen molar-refractivity contribution in [2.24, 2.45) is 0 Å². The van der Waals surface area contributed by atoms with Crippen molar-refractivity contribution in [2.45, 2.75) is 45.1 Å². The average molecular weight is 470 g/mol. The molecule has 10 heteroatoms. The lowest BCUT2D eigenvalue weighted by Crippen LogP contribution is -2.28. The molecule has 2 N–H and O–H groups in total. The second-order valence-corrected chi connectivity index (χ2v) is 9.06. The fourth-order valence-electron chi connectivity index (χ4n) is 3.97. The molecule has 174 valence electrons. The first-order valence-corrected chi connectivity index (χ1v) is 11.9. The summed E-state index contributed by atoms with van der Waals surface area (Å²) in [5.41, 5.74) is 1.86. The zero-order valence-corrected chi connectivity index (χ0v) is 19.4. The number of nitrogens with one attached hydrogen (secondary N) is 2. The van der Waals surface area contributed by atoms with Crippen LogP contribution < -0.4 is 16.2 Å². The first-order valence-electron chi connectivity index (χ1n) is 11.1. The molecular formula is C23H27N5O4S. The lowest BCUT2D eigenvalue weighted by atomic mass is 9.95. The molecule has 0 atom stereocenters. The summed E-state index contributed by atoms with van der Waals surface area (Å²) >= 11 is 1.48. The van der Waals surface area contributed by atoms with E-state index < -0.39 is 0 Å². The molecule has 3 aromatic rings. The second kappa shape index (κ2) is 10.7. The number of nitrogens with zero attached hydrogens (tertiary/aromatic N) is 3. The van der Waals surface area contributed by atoms with E-state index in [1.807, 2.05) is 0 Å². The highest BCUT2D eigenvalue weighted by molar-refractivity contribution is 7.17. The van der Waals surface area contributed by atoms with Crippen molar-refractivity contribution in [3.63, 3.8) is 0 Å². The van der Waals surface area contributed by atoms with Gasteiger partial charge in [0.25, 0.3) is 11.5 Å². The summed E-state index contributed by atoms with van der Waals surface area (Å²) in [7, 11) is 1.63. The van der Waals surface area contributed by atoms with Crippen LogP contribution in [0.3, 0.4) is 0 Å². The first-order chi connectivity index (χ1) is 16.1. The largest absolute Gasteiger partial charge is 0.385 e. The van der Waals surface area contributed by atoms with Crippen molar-refractivity contribution in [1.82, 2.24) is 20.3 Å². The van der Waals surface area contributed by atoms with E-state index in [2.05, 4.69) is 20.9 Å². The van der Waals surface area contributed by atoms with Gasteiger partial charge in [0.1, 0.15) is 10.5 Å². The Bertz CT molecular complexity index is 1220. The topological polar surface area (TPSA) is 115 Å². The standard InChI is InChI=1S/C23H27N5O4S/c1-32-14-6-12-24-21(30)20-16-8-3-5-10-18(16)33-22(20)25-19(29)11-13-28-23(31)15-7-2-4-9-17(15)26-27-28/h2,4,7,9H,3,5-6,8,10-14H2,1H3,(H,24,30)(H,25,29). The predicted molar refractivity (Wildman–Crippen MR) is 127 cm³/mol. The van der Waals surface area contributed by atoms with Gasteiger partial charge in [-0.05, 0) is 49.8 Å². The smallest absolute Gasteiger partial charge is 0.277 e. The summed E-state index contributed by atoms with van der Waals surface area (Å²) in [5.74, 6) is -0.443. The van der Waals surface area contributed by atoms with Gasteiger partial charge in [-0.3, -0.25) is 14.4 Å². The van der Waals surface area contributed by atoms with Crippen LogP contribution >= 0.6 is 11.3 Å². The monoisotopic (exact) mass is 469 g/mol. The Labute approximate surface area is 195 Å². The number of carbonyl (C=O) groups is 2. The minimum atomic E-state index is -0.281. The minimum Gasteiger partial charge on any atom is -0.385 e. The molecule has 2 amide bonds. The van der Waals surface area contributed by atoms with Gasteiger partial charge >= 0.3 is 0 Å². The predicted octanol–water partition coefficient (Wildman–Crippen LogP) is 2.53. The molecule has 2 heterocycles. The van der Waals surface area contributed by atoms with Gasteiger partial charge in [-0.2, -0.15) is 0 Å². The number of aromatic nitrogens is 3. The number of aryl methyl sites for hydroxylation is 2. The van der Waals surface area contributed by atoms with E-state index in [-0.39, 0.29) is 30.3 Å². The van der Waals surface area contributed by atoms with E-state index in [1.54, 1.807) is 31.4 Å². The molecule has 0 radical (unpaired) electrons. The summed E-state index contributed by atoms with van der Waals surface area (Å²) in [6.07, 6.45) is 4.64. The molecule has 0 saturated carbocycles. The van der Waals surface area contributed by atoms with E-state index in [0.717, 1.165) is 42.5 Å². The van der Waals surface area contributed by atoms with Gasteiger partial charge < -0.3 is 15.4 Å². The summed E-state index contributed by atoms with van der Waals surface area (Å²) in [6.45, 7) is 1.18. The van der Waals surface area contributed by atoms with Crippen LogP contribution in [0.5, 0.6) is 0 Å².